The summed E-state index contributed by atoms with van der Waals surface area (Å²) < 4.78 is 0. The van der Waals surface area contributed by atoms with Gasteiger partial charge in [-0.05, 0) is 5.56 Å². The number of hydrogen-bond acceptors (Lipinski definition) is 1. The lowest BCUT2D eigenvalue weighted by molar-refractivity contribution is 0.211. The fourth-order valence-electron chi connectivity index (χ4n) is 1.14. The number of halogens is 1. The van der Waals surface area contributed by atoms with Gasteiger partial charge < -0.3 is 10.2 Å². The molecule has 0 aliphatic carbocycles. The second-order valence-corrected chi connectivity index (χ2v) is 4.05. The summed E-state index contributed by atoms with van der Waals surface area (Å²) in [6.45, 7) is 1.28. The molecule has 0 bridgehead atoms. The molecule has 4 heteroatoms. The minimum absolute atomic E-state index is 0.0432. The third-order valence-corrected chi connectivity index (χ3v) is 2.41. The SMILES string of the molecule is CN(CCBr)C(=O)NCc1ccccc1. The number of carbonyl (C=O) groups is 1. The van der Waals surface area contributed by atoms with Gasteiger partial charge in [0.1, 0.15) is 0 Å². The smallest absolute Gasteiger partial charge is 0.317 e. The Morgan fingerprint density at radius 1 is 1.40 bits per heavy atom. The molecule has 0 saturated carbocycles. The Morgan fingerprint density at radius 2 is 2.07 bits per heavy atom. The predicted octanol–water partition coefficient (Wildman–Crippen LogP) is 2.22. The summed E-state index contributed by atoms with van der Waals surface area (Å²) in [5.41, 5.74) is 1.11. The number of amides is 2. The zero-order valence-corrected chi connectivity index (χ0v) is 10.3. The Kier molecular flexibility index (Phi) is 5.18. The number of carbonyl (C=O) groups excluding carboxylic acids is 1. The molecule has 1 aromatic rings. The van der Waals surface area contributed by atoms with Gasteiger partial charge in [-0.1, -0.05) is 46.3 Å². The summed E-state index contributed by atoms with van der Waals surface area (Å²) in [6.07, 6.45) is 0. The summed E-state index contributed by atoms with van der Waals surface area (Å²) in [5.74, 6) is 0. The van der Waals surface area contributed by atoms with E-state index in [1.54, 1.807) is 11.9 Å². The van der Waals surface area contributed by atoms with Gasteiger partial charge in [0.2, 0.25) is 0 Å². The summed E-state index contributed by atoms with van der Waals surface area (Å²) >= 11 is 3.29. The van der Waals surface area contributed by atoms with Crippen LogP contribution in [0.1, 0.15) is 5.56 Å². The first-order chi connectivity index (χ1) is 7.24. The summed E-state index contributed by atoms with van der Waals surface area (Å²) in [6, 6.07) is 9.82. The van der Waals surface area contributed by atoms with Crippen molar-refractivity contribution in [2.75, 3.05) is 18.9 Å². The molecule has 0 fully saturated rings. The normalized spacial score (nSPS) is 9.73. The maximum atomic E-state index is 11.5. The molecule has 0 aliphatic rings. The average Bonchev–Trinajstić information content (AvgIpc) is 2.27. The molecular weight excluding hydrogens is 256 g/mol. The molecule has 0 saturated heterocycles. The van der Waals surface area contributed by atoms with Crippen molar-refractivity contribution in [2.45, 2.75) is 6.54 Å². The molecule has 0 unspecified atom stereocenters. The highest BCUT2D eigenvalue weighted by Gasteiger charge is 2.05. The van der Waals surface area contributed by atoms with Gasteiger partial charge in [0.25, 0.3) is 0 Å². The highest BCUT2D eigenvalue weighted by molar-refractivity contribution is 9.09. The van der Waals surface area contributed by atoms with Gasteiger partial charge in [-0.25, -0.2) is 4.79 Å². The van der Waals surface area contributed by atoms with Gasteiger partial charge in [0, 0.05) is 25.5 Å². The van der Waals surface area contributed by atoms with Crippen LogP contribution >= 0.6 is 15.9 Å². The number of nitrogens with one attached hydrogen (secondary N) is 1. The third kappa shape index (κ3) is 4.34. The number of alkyl halides is 1. The van der Waals surface area contributed by atoms with E-state index in [1.807, 2.05) is 30.3 Å². The Balaban J connectivity index is 2.34. The maximum absolute atomic E-state index is 11.5. The molecule has 0 aromatic heterocycles. The quantitative estimate of drug-likeness (QED) is 0.837. The molecule has 0 radical (unpaired) electrons. The van der Waals surface area contributed by atoms with Crippen LogP contribution in [0.25, 0.3) is 0 Å². The van der Waals surface area contributed by atoms with Crippen molar-refractivity contribution in [3.8, 4) is 0 Å². The van der Waals surface area contributed by atoms with Gasteiger partial charge in [-0.2, -0.15) is 0 Å². The fraction of sp³-hybridized carbons (Fsp3) is 0.364. The van der Waals surface area contributed by atoms with Gasteiger partial charge in [-0.3, -0.25) is 0 Å². The molecule has 15 heavy (non-hydrogen) atoms. The lowest BCUT2D eigenvalue weighted by Crippen LogP contribution is -2.37. The highest BCUT2D eigenvalue weighted by Crippen LogP contribution is 1.97. The number of nitrogens with zero attached hydrogens (tertiary/aromatic N) is 1. The molecule has 0 aliphatic heterocycles. The predicted molar refractivity (Wildman–Crippen MR) is 65.1 cm³/mol. The van der Waals surface area contributed by atoms with Crippen molar-refractivity contribution in [2.24, 2.45) is 0 Å². The van der Waals surface area contributed by atoms with Gasteiger partial charge in [-0.15, -0.1) is 0 Å². The lowest BCUT2D eigenvalue weighted by atomic mass is 10.2. The van der Waals surface area contributed by atoms with E-state index in [0.717, 1.165) is 10.9 Å². The molecule has 0 heterocycles. The highest BCUT2D eigenvalue weighted by atomic mass is 79.9. The maximum Gasteiger partial charge on any atom is 0.317 e. The summed E-state index contributed by atoms with van der Waals surface area (Å²) in [7, 11) is 1.78. The fourth-order valence-corrected chi connectivity index (χ4v) is 1.67. The number of benzene rings is 1. The van der Waals surface area contributed by atoms with Crippen molar-refractivity contribution in [1.29, 1.82) is 0 Å². The van der Waals surface area contributed by atoms with E-state index >= 15 is 0 Å². The largest absolute Gasteiger partial charge is 0.334 e. The Hall–Kier alpha value is -1.03. The van der Waals surface area contributed by atoms with Crippen LogP contribution in [0.15, 0.2) is 30.3 Å². The first-order valence-electron chi connectivity index (χ1n) is 4.83. The van der Waals surface area contributed by atoms with Crippen LogP contribution in [0.4, 0.5) is 4.79 Å². The number of urea groups is 1. The number of rotatable bonds is 4. The van der Waals surface area contributed by atoms with E-state index in [1.165, 1.54) is 0 Å². The second kappa shape index (κ2) is 6.45. The first kappa shape index (κ1) is 12.0. The topological polar surface area (TPSA) is 32.3 Å². The molecular formula is C11H15BrN2O. The monoisotopic (exact) mass is 270 g/mol. The second-order valence-electron chi connectivity index (χ2n) is 3.25. The van der Waals surface area contributed by atoms with Crippen LogP contribution in [0, 0.1) is 0 Å². The van der Waals surface area contributed by atoms with Crippen molar-refractivity contribution in [3.05, 3.63) is 35.9 Å². The summed E-state index contributed by atoms with van der Waals surface area (Å²) in [4.78, 5) is 13.2. The van der Waals surface area contributed by atoms with Crippen molar-refractivity contribution in [3.63, 3.8) is 0 Å². The van der Waals surface area contributed by atoms with Crippen LogP contribution in [-0.4, -0.2) is 29.9 Å². The Bertz CT molecular complexity index is 303. The minimum atomic E-state index is -0.0432. The standard InChI is InChI=1S/C11H15BrN2O/c1-14(8-7-12)11(15)13-9-10-5-3-2-4-6-10/h2-6H,7-9H2,1H3,(H,13,15). The van der Waals surface area contributed by atoms with Crippen molar-refractivity contribution < 1.29 is 4.79 Å². The molecule has 1 aromatic carbocycles. The molecule has 1 N–H and O–H groups in total. The third-order valence-electron chi connectivity index (χ3n) is 2.05. The van der Waals surface area contributed by atoms with Crippen molar-refractivity contribution in [1.82, 2.24) is 10.2 Å². The van der Waals surface area contributed by atoms with Gasteiger partial charge >= 0.3 is 6.03 Å². The number of hydrogen-bond donors (Lipinski definition) is 1. The zero-order chi connectivity index (χ0) is 11.1. The summed E-state index contributed by atoms with van der Waals surface area (Å²) in [5, 5.41) is 3.64. The molecule has 0 spiro atoms. The van der Waals surface area contributed by atoms with E-state index in [2.05, 4.69) is 21.2 Å². The van der Waals surface area contributed by atoms with E-state index in [-0.39, 0.29) is 6.03 Å². The van der Waals surface area contributed by atoms with E-state index in [4.69, 9.17) is 0 Å². The van der Waals surface area contributed by atoms with Gasteiger partial charge in [0.05, 0.1) is 0 Å². The van der Waals surface area contributed by atoms with Crippen LogP contribution in [0.2, 0.25) is 0 Å². The minimum Gasteiger partial charge on any atom is -0.334 e. The van der Waals surface area contributed by atoms with E-state index in [0.29, 0.717) is 13.1 Å². The van der Waals surface area contributed by atoms with Crippen molar-refractivity contribution >= 4 is 22.0 Å². The molecule has 2 amide bonds. The van der Waals surface area contributed by atoms with Gasteiger partial charge in [0.15, 0.2) is 0 Å². The first-order valence-corrected chi connectivity index (χ1v) is 5.95. The molecule has 3 nitrogen and oxygen atoms in total. The van der Waals surface area contributed by atoms with E-state index in [9.17, 15) is 4.79 Å². The Labute approximate surface area is 98.6 Å². The molecule has 1 rings (SSSR count). The van der Waals surface area contributed by atoms with Crippen LogP contribution in [0.3, 0.4) is 0 Å². The Morgan fingerprint density at radius 3 is 2.67 bits per heavy atom. The molecule has 82 valence electrons. The zero-order valence-electron chi connectivity index (χ0n) is 8.74. The van der Waals surface area contributed by atoms with E-state index < -0.39 is 0 Å². The average molecular weight is 271 g/mol. The molecule has 0 atom stereocenters. The van der Waals surface area contributed by atoms with Crippen LogP contribution in [-0.2, 0) is 6.54 Å². The van der Waals surface area contributed by atoms with Crippen LogP contribution < -0.4 is 5.32 Å². The van der Waals surface area contributed by atoms with Crippen LogP contribution in [0.5, 0.6) is 0 Å². The lowest BCUT2D eigenvalue weighted by Gasteiger charge is -2.16.